The van der Waals surface area contributed by atoms with Crippen molar-refractivity contribution in [2.45, 2.75) is 56.7 Å². The lowest BCUT2D eigenvalue weighted by Crippen LogP contribution is -2.50. The molecule has 0 bridgehead atoms. The third-order valence-electron chi connectivity index (χ3n) is 7.69. The minimum absolute atomic E-state index is 0.00284. The molecule has 2 amide bonds. The van der Waals surface area contributed by atoms with Crippen LogP contribution < -0.4 is 5.32 Å². The third-order valence-corrected chi connectivity index (χ3v) is 7.69. The number of nitrogens with one attached hydrogen (secondary N) is 1. The van der Waals surface area contributed by atoms with E-state index < -0.39 is 17.6 Å². The standard InChI is InChI=1S/C28H33F3N4O4/c29-28(30,31)20-7-6-19-8-11-34(27(37)23(19)14-20)17-26(36)33-24-15-35(22-5-3-12-38-13-9-22)16-25(24)39-18-21-4-1-2-10-32-21/h1-2,4,6-7,10,14,22,24-25H,3,5,8-9,11-13,15-18H2,(H,33,36)/t22?,24?,25-/m0/s1. The van der Waals surface area contributed by atoms with Crippen LogP contribution in [0.4, 0.5) is 13.2 Å². The molecule has 3 atom stereocenters. The summed E-state index contributed by atoms with van der Waals surface area (Å²) in [4.78, 5) is 34.1. The van der Waals surface area contributed by atoms with E-state index in [2.05, 4.69) is 15.2 Å². The molecule has 1 aromatic heterocycles. The van der Waals surface area contributed by atoms with E-state index in [0.717, 1.165) is 43.7 Å². The van der Waals surface area contributed by atoms with Crippen LogP contribution in [0.15, 0.2) is 42.6 Å². The van der Waals surface area contributed by atoms with Gasteiger partial charge in [-0.25, -0.2) is 0 Å². The molecule has 2 unspecified atom stereocenters. The molecule has 2 saturated heterocycles. The SMILES string of the molecule is O=C(CN1CCc2ccc(C(F)(F)F)cc2C1=O)NC1CN(C2CCCOCC2)C[C@@H]1OCc1ccccn1. The Bertz CT molecular complexity index is 1160. The highest BCUT2D eigenvalue weighted by Crippen LogP contribution is 2.32. The summed E-state index contributed by atoms with van der Waals surface area (Å²) >= 11 is 0. The molecule has 5 rings (SSSR count). The van der Waals surface area contributed by atoms with E-state index in [0.29, 0.717) is 44.3 Å². The molecule has 8 nitrogen and oxygen atoms in total. The molecule has 1 N–H and O–H groups in total. The zero-order valence-corrected chi connectivity index (χ0v) is 21.7. The van der Waals surface area contributed by atoms with Crippen LogP contribution in [0.3, 0.4) is 0 Å². The number of alkyl halides is 3. The number of ether oxygens (including phenoxy) is 2. The number of pyridine rings is 1. The number of carbonyl (C=O) groups excluding carboxylic acids is 2. The Morgan fingerprint density at radius 3 is 2.82 bits per heavy atom. The third kappa shape index (κ3) is 6.77. The zero-order valence-electron chi connectivity index (χ0n) is 21.7. The van der Waals surface area contributed by atoms with Crippen LogP contribution >= 0.6 is 0 Å². The summed E-state index contributed by atoms with van der Waals surface area (Å²) in [5, 5.41) is 3.05. The normalized spacial score (nSPS) is 24.3. The van der Waals surface area contributed by atoms with E-state index in [9.17, 15) is 22.8 Å². The second-order valence-corrected chi connectivity index (χ2v) is 10.3. The number of amides is 2. The largest absolute Gasteiger partial charge is 0.416 e. The molecule has 0 aliphatic carbocycles. The second kappa shape index (κ2) is 12.0. The first-order chi connectivity index (χ1) is 18.8. The highest BCUT2D eigenvalue weighted by molar-refractivity contribution is 5.99. The number of halogens is 3. The molecular weight excluding hydrogens is 513 g/mol. The lowest BCUT2D eigenvalue weighted by atomic mass is 9.96. The first-order valence-corrected chi connectivity index (χ1v) is 13.4. The van der Waals surface area contributed by atoms with Gasteiger partial charge >= 0.3 is 6.18 Å². The van der Waals surface area contributed by atoms with Crippen molar-refractivity contribution in [1.29, 1.82) is 0 Å². The van der Waals surface area contributed by atoms with E-state index in [4.69, 9.17) is 9.47 Å². The summed E-state index contributed by atoms with van der Waals surface area (Å²) in [6.45, 7) is 3.06. The number of fused-ring (bicyclic) bond motifs is 1. The van der Waals surface area contributed by atoms with E-state index in [-0.39, 0.29) is 36.7 Å². The minimum Gasteiger partial charge on any atom is -0.381 e. The number of likely N-dealkylation sites (tertiary alicyclic amines) is 1. The van der Waals surface area contributed by atoms with Gasteiger partial charge < -0.3 is 19.7 Å². The Kier molecular flexibility index (Phi) is 8.49. The molecule has 3 aliphatic heterocycles. The van der Waals surface area contributed by atoms with E-state index >= 15 is 0 Å². The van der Waals surface area contributed by atoms with Gasteiger partial charge in [0.1, 0.15) is 0 Å². The van der Waals surface area contributed by atoms with Crippen molar-refractivity contribution >= 4 is 11.8 Å². The summed E-state index contributed by atoms with van der Waals surface area (Å²) in [7, 11) is 0. The first-order valence-electron chi connectivity index (χ1n) is 13.4. The van der Waals surface area contributed by atoms with Crippen LogP contribution in [0, 0.1) is 0 Å². The zero-order chi connectivity index (χ0) is 27.4. The van der Waals surface area contributed by atoms with Crippen molar-refractivity contribution in [3.63, 3.8) is 0 Å². The van der Waals surface area contributed by atoms with Gasteiger partial charge in [-0.05, 0) is 55.5 Å². The summed E-state index contributed by atoms with van der Waals surface area (Å²) in [6.07, 6.45) is 0.180. The fourth-order valence-electron chi connectivity index (χ4n) is 5.61. The maximum atomic E-state index is 13.2. The van der Waals surface area contributed by atoms with Gasteiger partial charge in [-0.15, -0.1) is 0 Å². The van der Waals surface area contributed by atoms with Crippen LogP contribution in [-0.2, 0) is 33.5 Å². The Morgan fingerprint density at radius 1 is 1.15 bits per heavy atom. The monoisotopic (exact) mass is 546 g/mol. The number of benzene rings is 1. The molecule has 3 aliphatic rings. The van der Waals surface area contributed by atoms with Crippen LogP contribution in [0.1, 0.15) is 46.4 Å². The van der Waals surface area contributed by atoms with Gasteiger partial charge in [0.2, 0.25) is 5.91 Å². The lowest BCUT2D eigenvalue weighted by molar-refractivity contribution is -0.137. The summed E-state index contributed by atoms with van der Waals surface area (Å²) in [5.74, 6) is -0.923. The number of hydrogen-bond acceptors (Lipinski definition) is 6. The van der Waals surface area contributed by atoms with Gasteiger partial charge in [0.25, 0.3) is 5.91 Å². The Balaban J connectivity index is 1.24. The number of aromatic nitrogens is 1. The maximum Gasteiger partial charge on any atom is 0.416 e. The molecule has 1 aromatic carbocycles. The molecule has 0 radical (unpaired) electrons. The summed E-state index contributed by atoms with van der Waals surface area (Å²) in [5.41, 5.74) is 0.484. The van der Waals surface area contributed by atoms with Gasteiger partial charge in [0.05, 0.1) is 36.6 Å². The molecule has 39 heavy (non-hydrogen) atoms. The first kappa shape index (κ1) is 27.5. The predicted molar refractivity (Wildman–Crippen MR) is 136 cm³/mol. The second-order valence-electron chi connectivity index (χ2n) is 10.3. The van der Waals surface area contributed by atoms with Crippen molar-refractivity contribution in [1.82, 2.24) is 20.1 Å². The van der Waals surface area contributed by atoms with Gasteiger partial charge in [0, 0.05) is 50.7 Å². The molecule has 2 aromatic rings. The van der Waals surface area contributed by atoms with Gasteiger partial charge in [-0.3, -0.25) is 19.5 Å². The topological polar surface area (TPSA) is 84.0 Å². The fraction of sp³-hybridized carbons (Fsp3) is 0.536. The van der Waals surface area contributed by atoms with Gasteiger partial charge in [0.15, 0.2) is 0 Å². The number of rotatable bonds is 7. The quantitative estimate of drug-likeness (QED) is 0.575. The predicted octanol–water partition coefficient (Wildman–Crippen LogP) is 3.05. The van der Waals surface area contributed by atoms with Crippen LogP contribution in [0.2, 0.25) is 0 Å². The van der Waals surface area contributed by atoms with E-state index in [1.807, 2.05) is 18.2 Å². The van der Waals surface area contributed by atoms with Crippen LogP contribution in [-0.4, -0.2) is 84.2 Å². The molecule has 0 saturated carbocycles. The highest BCUT2D eigenvalue weighted by Gasteiger charge is 2.39. The van der Waals surface area contributed by atoms with Crippen molar-refractivity contribution in [3.8, 4) is 0 Å². The number of nitrogens with zero attached hydrogens (tertiary/aromatic N) is 3. The molecule has 4 heterocycles. The van der Waals surface area contributed by atoms with Crippen molar-refractivity contribution in [2.75, 3.05) is 39.4 Å². The highest BCUT2D eigenvalue weighted by atomic mass is 19.4. The average Bonchev–Trinajstić information content (AvgIpc) is 3.11. The van der Waals surface area contributed by atoms with Gasteiger partial charge in [-0.1, -0.05) is 12.1 Å². The maximum absolute atomic E-state index is 13.2. The smallest absolute Gasteiger partial charge is 0.381 e. The van der Waals surface area contributed by atoms with Crippen molar-refractivity contribution in [3.05, 3.63) is 65.0 Å². The van der Waals surface area contributed by atoms with Crippen LogP contribution in [0.25, 0.3) is 0 Å². The Morgan fingerprint density at radius 2 is 2.03 bits per heavy atom. The van der Waals surface area contributed by atoms with Gasteiger partial charge in [-0.2, -0.15) is 13.2 Å². The minimum atomic E-state index is -4.54. The Hall–Kier alpha value is -3.02. The molecular formula is C28H33F3N4O4. The lowest BCUT2D eigenvalue weighted by Gasteiger charge is -2.29. The van der Waals surface area contributed by atoms with Crippen molar-refractivity contribution < 1.29 is 32.2 Å². The molecule has 210 valence electrons. The number of carbonyl (C=O) groups is 2. The van der Waals surface area contributed by atoms with E-state index in [1.54, 1.807) is 6.20 Å². The van der Waals surface area contributed by atoms with Crippen LogP contribution in [0.5, 0.6) is 0 Å². The fourth-order valence-corrected chi connectivity index (χ4v) is 5.61. The van der Waals surface area contributed by atoms with Crippen molar-refractivity contribution in [2.24, 2.45) is 0 Å². The molecule has 2 fully saturated rings. The Labute approximate surface area is 225 Å². The summed E-state index contributed by atoms with van der Waals surface area (Å²) in [6, 6.07) is 8.87. The average molecular weight is 547 g/mol. The van der Waals surface area contributed by atoms with E-state index in [1.165, 1.54) is 11.0 Å². The molecule has 11 heteroatoms. The molecule has 0 spiro atoms. The summed E-state index contributed by atoms with van der Waals surface area (Å²) < 4.78 is 51.4. The number of hydrogen-bond donors (Lipinski definition) is 1.